The summed E-state index contributed by atoms with van der Waals surface area (Å²) in [6.07, 6.45) is 3.80. The van der Waals surface area contributed by atoms with Gasteiger partial charge in [0.05, 0.1) is 23.7 Å². The highest BCUT2D eigenvalue weighted by Gasteiger charge is 2.65. The molecule has 0 saturated heterocycles. The molecule has 4 aromatic carbocycles. The average Bonchev–Trinajstić information content (AvgIpc) is 4.07. The van der Waals surface area contributed by atoms with Gasteiger partial charge in [0.15, 0.2) is 0 Å². The fourth-order valence-electron chi connectivity index (χ4n) is 7.10. The first kappa shape index (κ1) is 34.8. The molecule has 3 saturated carbocycles. The Morgan fingerprint density at radius 2 is 0.808 bits per heavy atom. The minimum atomic E-state index is -1.51. The Hall–Kier alpha value is -5.64. The van der Waals surface area contributed by atoms with Gasteiger partial charge >= 0.3 is 11.9 Å². The lowest BCUT2D eigenvalue weighted by molar-refractivity contribution is -0.188. The number of carboxylic acid groups (broad SMARTS) is 2. The van der Waals surface area contributed by atoms with Crippen LogP contribution in [-0.4, -0.2) is 56.9 Å². The van der Waals surface area contributed by atoms with Crippen LogP contribution in [0.1, 0.15) is 36.8 Å². The van der Waals surface area contributed by atoms with E-state index >= 15 is 0 Å². The zero-order valence-electron chi connectivity index (χ0n) is 28.8. The first-order valence-electron chi connectivity index (χ1n) is 17.9. The summed E-state index contributed by atoms with van der Waals surface area (Å²) in [6, 6.07) is 33.4. The summed E-state index contributed by atoms with van der Waals surface area (Å²) >= 11 is 0. The SMILES string of the molecule is O=C(O)[C@H]1[C@H](C(=O)O)[C@H](C(=O)N(Cc2ccc(Oc3ccccc3)cc2)CC2CC2)[C@H]1C(=O)N(Cc1ccc(Oc2ccccc2)cc1)CC1CC1. The van der Waals surface area contributed by atoms with Crippen LogP contribution in [0.25, 0.3) is 0 Å². The number of carbonyl (C=O) groups is 4. The van der Waals surface area contributed by atoms with Crippen molar-refractivity contribution in [3.63, 3.8) is 0 Å². The predicted octanol–water partition coefficient (Wildman–Crippen LogP) is 7.10. The molecule has 4 atom stereocenters. The molecular weight excluding hydrogens is 660 g/mol. The van der Waals surface area contributed by atoms with Crippen LogP contribution in [0.5, 0.6) is 23.0 Å². The summed E-state index contributed by atoms with van der Waals surface area (Å²) in [6.45, 7) is 1.22. The van der Waals surface area contributed by atoms with Crippen molar-refractivity contribution in [2.45, 2.75) is 38.8 Å². The van der Waals surface area contributed by atoms with Gasteiger partial charge in [-0.15, -0.1) is 0 Å². The van der Waals surface area contributed by atoms with Crippen LogP contribution in [-0.2, 0) is 32.3 Å². The van der Waals surface area contributed by atoms with Crippen LogP contribution in [0.3, 0.4) is 0 Å². The van der Waals surface area contributed by atoms with Gasteiger partial charge in [0.25, 0.3) is 0 Å². The Balaban J connectivity index is 1.11. The van der Waals surface area contributed by atoms with E-state index in [9.17, 15) is 29.4 Å². The Kier molecular flexibility index (Phi) is 10.2. The third-order valence-electron chi connectivity index (χ3n) is 10.2. The summed E-state index contributed by atoms with van der Waals surface area (Å²) in [4.78, 5) is 57.4. The number of para-hydroxylation sites is 2. The van der Waals surface area contributed by atoms with Crippen molar-refractivity contribution in [1.29, 1.82) is 0 Å². The molecule has 0 aromatic heterocycles. The normalized spacial score (nSPS) is 20.6. The summed E-state index contributed by atoms with van der Waals surface area (Å²) in [5.74, 6) is -6.18. The third-order valence-corrected chi connectivity index (χ3v) is 10.2. The zero-order chi connectivity index (χ0) is 36.2. The molecule has 0 radical (unpaired) electrons. The van der Waals surface area contributed by atoms with E-state index in [1.54, 1.807) is 9.80 Å². The monoisotopic (exact) mass is 702 g/mol. The van der Waals surface area contributed by atoms with Gasteiger partial charge in [-0.1, -0.05) is 60.7 Å². The Morgan fingerprint density at radius 3 is 1.12 bits per heavy atom. The van der Waals surface area contributed by atoms with Crippen LogP contribution >= 0.6 is 0 Å². The van der Waals surface area contributed by atoms with E-state index in [1.807, 2.05) is 109 Å². The number of hydrogen-bond acceptors (Lipinski definition) is 6. The first-order valence-corrected chi connectivity index (χ1v) is 17.9. The molecule has 3 aliphatic carbocycles. The van der Waals surface area contributed by atoms with Crippen LogP contribution in [0.4, 0.5) is 0 Å². The van der Waals surface area contributed by atoms with E-state index in [0.29, 0.717) is 36.1 Å². The summed E-state index contributed by atoms with van der Waals surface area (Å²) < 4.78 is 11.8. The highest BCUT2D eigenvalue weighted by atomic mass is 16.5. The molecule has 10 heteroatoms. The van der Waals surface area contributed by atoms with E-state index in [1.165, 1.54) is 0 Å². The van der Waals surface area contributed by atoms with E-state index in [4.69, 9.17) is 9.47 Å². The molecule has 0 bridgehead atoms. The smallest absolute Gasteiger partial charge is 0.308 e. The molecule has 2 amide bonds. The number of aliphatic carboxylic acids is 2. The predicted molar refractivity (Wildman–Crippen MR) is 191 cm³/mol. The maximum atomic E-state index is 14.5. The molecule has 7 rings (SSSR count). The number of benzene rings is 4. The molecule has 52 heavy (non-hydrogen) atoms. The van der Waals surface area contributed by atoms with Crippen molar-refractivity contribution < 1.29 is 38.9 Å². The van der Waals surface area contributed by atoms with E-state index in [2.05, 4.69) is 0 Å². The zero-order valence-corrected chi connectivity index (χ0v) is 28.8. The largest absolute Gasteiger partial charge is 0.481 e. The topological polar surface area (TPSA) is 134 Å². The van der Waals surface area contributed by atoms with Gasteiger partial charge in [0.1, 0.15) is 23.0 Å². The Bertz CT molecular complexity index is 1740. The van der Waals surface area contributed by atoms with Crippen LogP contribution in [0.15, 0.2) is 109 Å². The van der Waals surface area contributed by atoms with Gasteiger partial charge < -0.3 is 29.5 Å². The second kappa shape index (κ2) is 15.3. The second-order valence-electron chi connectivity index (χ2n) is 14.2. The third kappa shape index (κ3) is 8.28. The van der Waals surface area contributed by atoms with Crippen molar-refractivity contribution in [3.8, 4) is 23.0 Å². The maximum Gasteiger partial charge on any atom is 0.308 e. The summed E-state index contributed by atoms with van der Waals surface area (Å²) in [7, 11) is 0. The second-order valence-corrected chi connectivity index (χ2v) is 14.2. The quantitative estimate of drug-likeness (QED) is 0.126. The van der Waals surface area contributed by atoms with Gasteiger partial charge in [-0.2, -0.15) is 0 Å². The molecule has 268 valence electrons. The minimum absolute atomic E-state index is 0.200. The summed E-state index contributed by atoms with van der Waals surface area (Å²) in [5.41, 5.74) is 1.63. The summed E-state index contributed by atoms with van der Waals surface area (Å²) in [5, 5.41) is 20.5. The molecule has 3 aliphatic rings. The van der Waals surface area contributed by atoms with Crippen LogP contribution in [0, 0.1) is 35.5 Å². The van der Waals surface area contributed by atoms with Crippen molar-refractivity contribution in [1.82, 2.24) is 9.80 Å². The molecule has 0 aliphatic heterocycles. The number of rotatable bonds is 16. The number of amides is 2. The minimum Gasteiger partial charge on any atom is -0.481 e. The van der Waals surface area contributed by atoms with Gasteiger partial charge in [0, 0.05) is 26.2 Å². The van der Waals surface area contributed by atoms with E-state index < -0.39 is 47.4 Å². The lowest BCUT2D eigenvalue weighted by atomic mass is 9.55. The van der Waals surface area contributed by atoms with Crippen molar-refractivity contribution in [2.24, 2.45) is 35.5 Å². The number of carboxylic acids is 2. The molecule has 3 fully saturated rings. The standard InChI is InChI=1S/C42H42N2O8/c45-39(43(23-27-11-12-27)25-29-15-19-33(20-16-29)51-31-7-3-1-4-8-31)35-36(38(42(49)50)37(35)41(47)48)40(46)44(24-28-13-14-28)26-30-17-21-34(22-18-30)52-32-9-5-2-6-10-32/h1-10,15-22,27-28,35-38H,11-14,23-26H2,(H,47,48)(H,49,50)/t35-,36-,37-,38-/m1/s1. The first-order chi connectivity index (χ1) is 25.2. The van der Waals surface area contributed by atoms with Crippen molar-refractivity contribution in [2.75, 3.05) is 13.1 Å². The number of carbonyl (C=O) groups excluding carboxylic acids is 2. The van der Waals surface area contributed by atoms with Crippen molar-refractivity contribution in [3.05, 3.63) is 120 Å². The molecule has 0 heterocycles. The highest BCUT2D eigenvalue weighted by Crippen LogP contribution is 2.50. The van der Waals surface area contributed by atoms with Crippen molar-refractivity contribution >= 4 is 23.8 Å². The lowest BCUT2D eigenvalue weighted by Crippen LogP contribution is -2.64. The molecule has 0 unspecified atom stereocenters. The fraction of sp³-hybridized carbons (Fsp3) is 0.333. The Morgan fingerprint density at radius 1 is 0.481 bits per heavy atom. The molecule has 10 nitrogen and oxygen atoms in total. The van der Waals surface area contributed by atoms with Crippen LogP contribution < -0.4 is 9.47 Å². The fourth-order valence-corrected chi connectivity index (χ4v) is 7.10. The maximum absolute atomic E-state index is 14.5. The van der Waals surface area contributed by atoms with Crippen LogP contribution in [0.2, 0.25) is 0 Å². The molecule has 0 spiro atoms. The number of ether oxygens (including phenoxy) is 2. The lowest BCUT2D eigenvalue weighted by Gasteiger charge is -2.48. The Labute approximate surface area is 302 Å². The van der Waals surface area contributed by atoms with Gasteiger partial charge in [-0.3, -0.25) is 19.2 Å². The van der Waals surface area contributed by atoms with Gasteiger partial charge in [0.2, 0.25) is 11.8 Å². The molecular formula is C42H42N2O8. The number of nitrogens with zero attached hydrogens (tertiary/aromatic N) is 2. The van der Waals surface area contributed by atoms with E-state index in [-0.39, 0.29) is 24.9 Å². The van der Waals surface area contributed by atoms with Gasteiger partial charge in [-0.05, 0) is 97.2 Å². The molecule has 4 aromatic rings. The van der Waals surface area contributed by atoms with Gasteiger partial charge in [-0.25, -0.2) is 0 Å². The molecule has 2 N–H and O–H groups in total. The average molecular weight is 703 g/mol. The highest BCUT2D eigenvalue weighted by molar-refractivity contribution is 5.99. The number of hydrogen-bond donors (Lipinski definition) is 2. The van der Waals surface area contributed by atoms with E-state index in [0.717, 1.165) is 36.8 Å².